The SMILES string of the molecule is CN1CCN(Cc2cnc(-c3cccc4ccccc34)nc2)C[C@@H]1CCO. The first-order valence-corrected chi connectivity index (χ1v) is 9.57. The summed E-state index contributed by atoms with van der Waals surface area (Å²) >= 11 is 0. The van der Waals surface area contributed by atoms with E-state index in [0.29, 0.717) is 6.04 Å². The molecular weight excluding hydrogens is 336 g/mol. The molecule has 2 heterocycles. The number of aliphatic hydroxyl groups excluding tert-OH is 1. The average Bonchev–Trinajstić information content (AvgIpc) is 2.71. The Hall–Kier alpha value is -2.34. The zero-order valence-electron chi connectivity index (χ0n) is 15.8. The van der Waals surface area contributed by atoms with Gasteiger partial charge in [-0.15, -0.1) is 0 Å². The monoisotopic (exact) mass is 362 g/mol. The van der Waals surface area contributed by atoms with Crippen LogP contribution in [0.5, 0.6) is 0 Å². The Morgan fingerprint density at radius 1 is 1.04 bits per heavy atom. The molecule has 0 unspecified atom stereocenters. The third-order valence-corrected chi connectivity index (χ3v) is 5.47. The molecule has 1 aromatic heterocycles. The molecule has 1 saturated heterocycles. The predicted octanol–water partition coefficient (Wildman–Crippen LogP) is 2.80. The number of fused-ring (bicyclic) bond motifs is 1. The van der Waals surface area contributed by atoms with E-state index in [1.54, 1.807) is 0 Å². The Morgan fingerprint density at radius 3 is 2.63 bits per heavy atom. The van der Waals surface area contributed by atoms with E-state index in [1.165, 1.54) is 10.8 Å². The molecule has 1 atom stereocenters. The summed E-state index contributed by atoms with van der Waals surface area (Å²) in [6.07, 6.45) is 4.72. The normalized spacial score (nSPS) is 18.8. The second kappa shape index (κ2) is 8.13. The van der Waals surface area contributed by atoms with Gasteiger partial charge in [-0.25, -0.2) is 9.97 Å². The molecule has 3 aromatic rings. The number of piperazine rings is 1. The summed E-state index contributed by atoms with van der Waals surface area (Å²) < 4.78 is 0. The van der Waals surface area contributed by atoms with Gasteiger partial charge in [0.1, 0.15) is 0 Å². The quantitative estimate of drug-likeness (QED) is 0.756. The minimum Gasteiger partial charge on any atom is -0.396 e. The first kappa shape index (κ1) is 18.0. The first-order chi connectivity index (χ1) is 13.2. The Balaban J connectivity index is 1.49. The van der Waals surface area contributed by atoms with Crippen molar-refractivity contribution in [2.75, 3.05) is 33.3 Å². The van der Waals surface area contributed by atoms with E-state index >= 15 is 0 Å². The van der Waals surface area contributed by atoms with Crippen LogP contribution in [-0.4, -0.2) is 64.2 Å². The van der Waals surface area contributed by atoms with Crippen LogP contribution < -0.4 is 0 Å². The Labute approximate surface area is 160 Å². The predicted molar refractivity (Wildman–Crippen MR) is 108 cm³/mol. The molecule has 1 aliphatic heterocycles. The van der Waals surface area contributed by atoms with E-state index in [1.807, 2.05) is 12.4 Å². The molecule has 4 rings (SSSR count). The summed E-state index contributed by atoms with van der Waals surface area (Å²) in [6.45, 7) is 4.13. The largest absolute Gasteiger partial charge is 0.396 e. The number of benzene rings is 2. The molecule has 27 heavy (non-hydrogen) atoms. The molecule has 0 bridgehead atoms. The minimum atomic E-state index is 0.242. The topological polar surface area (TPSA) is 52.5 Å². The lowest BCUT2D eigenvalue weighted by molar-refractivity contribution is 0.0742. The molecular formula is C22H26N4O. The molecule has 5 nitrogen and oxygen atoms in total. The van der Waals surface area contributed by atoms with Crippen LogP contribution in [0.4, 0.5) is 0 Å². The van der Waals surface area contributed by atoms with Gasteiger partial charge in [-0.05, 0) is 24.2 Å². The Bertz CT molecular complexity index is 891. The highest BCUT2D eigenvalue weighted by Crippen LogP contribution is 2.26. The smallest absolute Gasteiger partial charge is 0.159 e. The van der Waals surface area contributed by atoms with Crippen molar-refractivity contribution in [3.8, 4) is 11.4 Å². The van der Waals surface area contributed by atoms with E-state index in [9.17, 15) is 5.11 Å². The Kier molecular flexibility index (Phi) is 5.43. The van der Waals surface area contributed by atoms with Crippen LogP contribution in [0.15, 0.2) is 54.9 Å². The van der Waals surface area contributed by atoms with Crippen molar-refractivity contribution in [2.24, 2.45) is 0 Å². The maximum atomic E-state index is 9.26. The Morgan fingerprint density at radius 2 is 1.81 bits per heavy atom. The van der Waals surface area contributed by atoms with Crippen LogP contribution in [0.2, 0.25) is 0 Å². The molecule has 5 heteroatoms. The van der Waals surface area contributed by atoms with Crippen LogP contribution in [0.3, 0.4) is 0 Å². The average molecular weight is 362 g/mol. The van der Waals surface area contributed by atoms with Gasteiger partial charge in [-0.2, -0.15) is 0 Å². The lowest BCUT2D eigenvalue weighted by atomic mass is 10.0. The van der Waals surface area contributed by atoms with Gasteiger partial charge in [0, 0.05) is 62.3 Å². The molecule has 1 aliphatic rings. The van der Waals surface area contributed by atoms with Crippen molar-refractivity contribution in [3.63, 3.8) is 0 Å². The fourth-order valence-electron chi connectivity index (χ4n) is 3.87. The second-order valence-corrected chi connectivity index (χ2v) is 7.32. The molecule has 1 N–H and O–H groups in total. The third kappa shape index (κ3) is 4.00. The maximum absolute atomic E-state index is 9.26. The first-order valence-electron chi connectivity index (χ1n) is 9.57. The van der Waals surface area contributed by atoms with Gasteiger partial charge in [-0.1, -0.05) is 42.5 Å². The molecule has 0 radical (unpaired) electrons. The van der Waals surface area contributed by atoms with E-state index < -0.39 is 0 Å². The summed E-state index contributed by atoms with van der Waals surface area (Å²) in [5.74, 6) is 0.770. The molecule has 0 saturated carbocycles. The molecule has 0 aliphatic carbocycles. The lowest BCUT2D eigenvalue weighted by Crippen LogP contribution is -2.51. The fourth-order valence-corrected chi connectivity index (χ4v) is 3.87. The van der Waals surface area contributed by atoms with Crippen molar-refractivity contribution in [1.29, 1.82) is 0 Å². The van der Waals surface area contributed by atoms with Crippen molar-refractivity contribution in [1.82, 2.24) is 19.8 Å². The summed E-state index contributed by atoms with van der Waals surface area (Å²) in [6, 6.07) is 15.0. The van der Waals surface area contributed by atoms with Crippen molar-refractivity contribution >= 4 is 10.8 Å². The number of likely N-dealkylation sites (N-methyl/N-ethyl adjacent to an activating group) is 1. The van der Waals surface area contributed by atoms with Gasteiger partial charge in [0.25, 0.3) is 0 Å². The molecule has 2 aromatic carbocycles. The van der Waals surface area contributed by atoms with Crippen LogP contribution in [0, 0.1) is 0 Å². The van der Waals surface area contributed by atoms with Gasteiger partial charge in [0.15, 0.2) is 5.82 Å². The highest BCUT2D eigenvalue weighted by molar-refractivity contribution is 5.94. The van der Waals surface area contributed by atoms with Gasteiger partial charge in [0.05, 0.1) is 0 Å². The van der Waals surface area contributed by atoms with Crippen molar-refractivity contribution in [3.05, 3.63) is 60.4 Å². The number of nitrogens with zero attached hydrogens (tertiary/aromatic N) is 4. The summed E-state index contributed by atoms with van der Waals surface area (Å²) in [5.41, 5.74) is 2.20. The zero-order valence-corrected chi connectivity index (χ0v) is 15.8. The molecule has 0 amide bonds. The minimum absolute atomic E-state index is 0.242. The van der Waals surface area contributed by atoms with Crippen LogP contribution in [0.1, 0.15) is 12.0 Å². The van der Waals surface area contributed by atoms with E-state index in [-0.39, 0.29) is 6.61 Å². The van der Waals surface area contributed by atoms with Crippen LogP contribution in [0.25, 0.3) is 22.2 Å². The number of aliphatic hydroxyl groups is 1. The number of aromatic nitrogens is 2. The van der Waals surface area contributed by atoms with Gasteiger partial charge >= 0.3 is 0 Å². The standard InChI is InChI=1S/C22H26N4O/c1-25-10-11-26(16-19(25)9-12-27)15-17-13-23-22(24-14-17)21-8-4-6-18-5-2-3-7-20(18)21/h2-8,13-14,19,27H,9-12,15-16H2,1H3/t19-/m0/s1. The summed E-state index contributed by atoms with van der Waals surface area (Å²) in [5, 5.41) is 11.6. The highest BCUT2D eigenvalue weighted by atomic mass is 16.3. The van der Waals surface area contributed by atoms with Crippen molar-refractivity contribution < 1.29 is 5.11 Å². The van der Waals surface area contributed by atoms with E-state index in [0.717, 1.165) is 49.6 Å². The van der Waals surface area contributed by atoms with E-state index in [4.69, 9.17) is 0 Å². The zero-order chi connectivity index (χ0) is 18.6. The maximum Gasteiger partial charge on any atom is 0.159 e. The molecule has 0 spiro atoms. The van der Waals surface area contributed by atoms with Gasteiger partial charge in [0.2, 0.25) is 0 Å². The second-order valence-electron chi connectivity index (χ2n) is 7.32. The molecule has 1 fully saturated rings. The highest BCUT2D eigenvalue weighted by Gasteiger charge is 2.23. The van der Waals surface area contributed by atoms with Crippen molar-refractivity contribution in [2.45, 2.75) is 19.0 Å². The summed E-state index contributed by atoms with van der Waals surface area (Å²) in [4.78, 5) is 14.1. The lowest BCUT2D eigenvalue weighted by Gasteiger charge is -2.39. The third-order valence-electron chi connectivity index (χ3n) is 5.47. The van der Waals surface area contributed by atoms with Crippen LogP contribution >= 0.6 is 0 Å². The number of rotatable bonds is 5. The van der Waals surface area contributed by atoms with E-state index in [2.05, 4.69) is 69.3 Å². The fraction of sp³-hybridized carbons (Fsp3) is 0.364. The van der Waals surface area contributed by atoms with Crippen LogP contribution in [-0.2, 0) is 6.54 Å². The van der Waals surface area contributed by atoms with Gasteiger partial charge < -0.3 is 10.0 Å². The number of hydrogen-bond acceptors (Lipinski definition) is 5. The number of hydrogen-bond donors (Lipinski definition) is 1. The van der Waals surface area contributed by atoms with Gasteiger partial charge in [-0.3, -0.25) is 4.90 Å². The molecule has 140 valence electrons. The summed E-state index contributed by atoms with van der Waals surface area (Å²) in [7, 11) is 2.14.